The van der Waals surface area contributed by atoms with Crippen LogP contribution in [-0.2, 0) is 5.54 Å². The number of hydrogen-bond acceptors (Lipinski definition) is 2. The van der Waals surface area contributed by atoms with E-state index in [4.69, 9.17) is 4.98 Å². The average Bonchev–Trinajstić information content (AvgIpc) is 2.58. The Labute approximate surface area is 96.5 Å². The van der Waals surface area contributed by atoms with E-state index in [1.165, 1.54) is 0 Å². The molecule has 0 aliphatic carbocycles. The number of nitrogens with zero attached hydrogens (tertiary/aromatic N) is 3. The van der Waals surface area contributed by atoms with Gasteiger partial charge in [0.05, 0.1) is 6.33 Å². The summed E-state index contributed by atoms with van der Waals surface area (Å²) in [5.74, 6) is 0.452. The van der Waals surface area contributed by atoms with Crippen molar-refractivity contribution in [3.63, 3.8) is 0 Å². The normalized spacial score (nSPS) is 12.6. The van der Waals surface area contributed by atoms with E-state index in [0.29, 0.717) is 5.92 Å². The van der Waals surface area contributed by atoms with Gasteiger partial charge in [0.1, 0.15) is 5.52 Å². The first kappa shape index (κ1) is 11.1. The lowest BCUT2D eigenvalue weighted by Gasteiger charge is -2.21. The molecule has 3 nitrogen and oxygen atoms in total. The van der Waals surface area contributed by atoms with Gasteiger partial charge in [-0.2, -0.15) is 0 Å². The van der Waals surface area contributed by atoms with Crippen LogP contribution in [0.3, 0.4) is 0 Å². The molecule has 16 heavy (non-hydrogen) atoms. The quantitative estimate of drug-likeness (QED) is 0.733. The van der Waals surface area contributed by atoms with E-state index >= 15 is 0 Å². The molecule has 86 valence electrons. The fourth-order valence-electron chi connectivity index (χ4n) is 1.72. The molecule has 0 amide bonds. The molecule has 2 aromatic rings. The Hall–Kier alpha value is -1.38. The highest BCUT2D eigenvalue weighted by Gasteiger charge is 2.17. The van der Waals surface area contributed by atoms with E-state index in [1.54, 1.807) is 0 Å². The molecule has 3 heteroatoms. The zero-order valence-corrected chi connectivity index (χ0v) is 10.7. The van der Waals surface area contributed by atoms with Crippen molar-refractivity contribution in [3.05, 3.63) is 24.2 Å². The number of hydrogen-bond donors (Lipinski definition) is 0. The van der Waals surface area contributed by atoms with Crippen molar-refractivity contribution < 1.29 is 0 Å². The summed E-state index contributed by atoms with van der Waals surface area (Å²) in [7, 11) is 0. The number of fused-ring (bicyclic) bond motifs is 1. The lowest BCUT2D eigenvalue weighted by Crippen LogP contribution is -2.21. The molecular weight excluding hydrogens is 198 g/mol. The van der Waals surface area contributed by atoms with Gasteiger partial charge in [-0.15, -0.1) is 0 Å². The second-order valence-electron chi connectivity index (χ2n) is 5.52. The summed E-state index contributed by atoms with van der Waals surface area (Å²) in [6.07, 6.45) is 1.88. The molecule has 2 rings (SSSR count). The molecule has 0 radical (unpaired) electrons. The number of rotatable bonds is 1. The van der Waals surface area contributed by atoms with Gasteiger partial charge in [-0.25, -0.2) is 9.97 Å². The maximum Gasteiger partial charge on any atom is 0.160 e. The molecule has 0 saturated heterocycles. The van der Waals surface area contributed by atoms with Crippen molar-refractivity contribution in [3.8, 4) is 0 Å². The van der Waals surface area contributed by atoms with Crippen LogP contribution in [0.4, 0.5) is 0 Å². The minimum Gasteiger partial charge on any atom is -0.310 e. The third kappa shape index (κ3) is 1.82. The molecular formula is C13H19N3. The summed E-state index contributed by atoms with van der Waals surface area (Å²) >= 11 is 0. The largest absolute Gasteiger partial charge is 0.310 e. The fraction of sp³-hybridized carbons (Fsp3) is 0.538. The van der Waals surface area contributed by atoms with E-state index in [0.717, 1.165) is 16.9 Å². The number of imidazole rings is 1. The first-order chi connectivity index (χ1) is 7.39. The first-order valence-corrected chi connectivity index (χ1v) is 5.74. The lowest BCUT2D eigenvalue weighted by molar-refractivity contribution is 0.405. The van der Waals surface area contributed by atoms with Gasteiger partial charge in [-0.3, -0.25) is 0 Å². The van der Waals surface area contributed by atoms with Crippen LogP contribution < -0.4 is 0 Å². The predicted molar refractivity (Wildman–Crippen MR) is 66.6 cm³/mol. The van der Waals surface area contributed by atoms with Gasteiger partial charge >= 0.3 is 0 Å². The second-order valence-corrected chi connectivity index (χ2v) is 5.52. The van der Waals surface area contributed by atoms with Crippen LogP contribution in [0.1, 0.15) is 46.2 Å². The standard InChI is InChI=1S/C13H19N3/c1-9(2)10-6-7-11-12(15-10)16(8-14-11)13(3,4)5/h6-9H,1-5H3. The molecule has 2 heterocycles. The highest BCUT2D eigenvalue weighted by Crippen LogP contribution is 2.22. The maximum atomic E-state index is 4.70. The van der Waals surface area contributed by atoms with Crippen molar-refractivity contribution in [1.82, 2.24) is 14.5 Å². The molecule has 0 atom stereocenters. The Kier molecular flexibility index (Phi) is 2.49. The van der Waals surface area contributed by atoms with Crippen LogP contribution >= 0.6 is 0 Å². The number of aromatic nitrogens is 3. The third-order valence-electron chi connectivity index (χ3n) is 2.73. The van der Waals surface area contributed by atoms with Crippen LogP contribution in [0.2, 0.25) is 0 Å². The molecule has 0 aliphatic rings. The Balaban J connectivity index is 2.65. The summed E-state index contributed by atoms with van der Waals surface area (Å²) in [5.41, 5.74) is 3.11. The molecule has 0 spiro atoms. The Bertz CT molecular complexity index is 503. The molecule has 0 fully saturated rings. The minimum atomic E-state index is 0.0252. The van der Waals surface area contributed by atoms with E-state index in [-0.39, 0.29) is 5.54 Å². The summed E-state index contributed by atoms with van der Waals surface area (Å²) in [6.45, 7) is 10.8. The van der Waals surface area contributed by atoms with E-state index in [1.807, 2.05) is 6.33 Å². The summed E-state index contributed by atoms with van der Waals surface area (Å²) < 4.78 is 2.13. The molecule has 0 N–H and O–H groups in total. The highest BCUT2D eigenvalue weighted by molar-refractivity contribution is 5.71. The zero-order chi connectivity index (χ0) is 11.9. The van der Waals surface area contributed by atoms with Crippen LogP contribution in [0.15, 0.2) is 18.5 Å². The van der Waals surface area contributed by atoms with E-state index in [2.05, 4.69) is 56.3 Å². The van der Waals surface area contributed by atoms with Crippen molar-refractivity contribution in [1.29, 1.82) is 0 Å². The van der Waals surface area contributed by atoms with Crippen molar-refractivity contribution in [2.75, 3.05) is 0 Å². The van der Waals surface area contributed by atoms with Crippen LogP contribution in [0.25, 0.3) is 11.2 Å². The summed E-state index contributed by atoms with van der Waals surface area (Å²) in [6, 6.07) is 4.12. The minimum absolute atomic E-state index is 0.0252. The maximum absolute atomic E-state index is 4.70. The highest BCUT2D eigenvalue weighted by atomic mass is 15.1. The molecule has 2 aromatic heterocycles. The van der Waals surface area contributed by atoms with Gasteiger partial charge in [-0.1, -0.05) is 13.8 Å². The second kappa shape index (κ2) is 3.58. The van der Waals surface area contributed by atoms with Crippen LogP contribution in [0.5, 0.6) is 0 Å². The topological polar surface area (TPSA) is 30.7 Å². The third-order valence-corrected chi connectivity index (χ3v) is 2.73. The fourth-order valence-corrected chi connectivity index (χ4v) is 1.72. The Morgan fingerprint density at radius 1 is 1.19 bits per heavy atom. The molecule has 0 unspecified atom stereocenters. The SMILES string of the molecule is CC(C)c1ccc2ncn(C(C)(C)C)c2n1. The number of pyridine rings is 1. The Morgan fingerprint density at radius 2 is 1.88 bits per heavy atom. The van der Waals surface area contributed by atoms with Gasteiger partial charge in [0.25, 0.3) is 0 Å². The summed E-state index contributed by atoms with van der Waals surface area (Å²) in [4.78, 5) is 9.09. The van der Waals surface area contributed by atoms with Crippen molar-refractivity contribution >= 4 is 11.2 Å². The average molecular weight is 217 g/mol. The van der Waals surface area contributed by atoms with Gasteiger partial charge in [-0.05, 0) is 38.8 Å². The van der Waals surface area contributed by atoms with Crippen LogP contribution in [-0.4, -0.2) is 14.5 Å². The van der Waals surface area contributed by atoms with Gasteiger partial charge in [0.15, 0.2) is 5.65 Å². The van der Waals surface area contributed by atoms with Gasteiger partial charge in [0.2, 0.25) is 0 Å². The monoisotopic (exact) mass is 217 g/mol. The van der Waals surface area contributed by atoms with Crippen LogP contribution in [0, 0.1) is 0 Å². The lowest BCUT2D eigenvalue weighted by atomic mass is 10.1. The molecule has 0 aromatic carbocycles. The Morgan fingerprint density at radius 3 is 2.44 bits per heavy atom. The van der Waals surface area contributed by atoms with E-state index in [9.17, 15) is 0 Å². The molecule has 0 bridgehead atoms. The van der Waals surface area contributed by atoms with Gasteiger partial charge in [0, 0.05) is 11.2 Å². The zero-order valence-electron chi connectivity index (χ0n) is 10.7. The van der Waals surface area contributed by atoms with Gasteiger partial charge < -0.3 is 4.57 Å². The van der Waals surface area contributed by atoms with Crippen molar-refractivity contribution in [2.45, 2.75) is 46.1 Å². The van der Waals surface area contributed by atoms with E-state index < -0.39 is 0 Å². The molecule has 0 aliphatic heterocycles. The first-order valence-electron chi connectivity index (χ1n) is 5.74. The predicted octanol–water partition coefficient (Wildman–Crippen LogP) is 3.31. The molecule has 0 saturated carbocycles. The smallest absolute Gasteiger partial charge is 0.160 e. The summed E-state index contributed by atoms with van der Waals surface area (Å²) in [5, 5.41) is 0. The van der Waals surface area contributed by atoms with Crippen molar-refractivity contribution in [2.24, 2.45) is 0 Å².